The van der Waals surface area contributed by atoms with Crippen molar-refractivity contribution in [1.82, 2.24) is 0 Å². The fourth-order valence-electron chi connectivity index (χ4n) is 3.94. The fraction of sp³-hybridized carbons (Fsp3) is 1.00. The normalized spacial score (nSPS) is 14.3. The Morgan fingerprint density at radius 3 is 1.00 bits per heavy atom. The van der Waals surface area contributed by atoms with Crippen LogP contribution in [0.5, 0.6) is 0 Å². The van der Waals surface area contributed by atoms with E-state index in [2.05, 4.69) is 41.5 Å². The molecule has 2 atom stereocenters. The van der Waals surface area contributed by atoms with Crippen molar-refractivity contribution in [3.63, 3.8) is 0 Å². The lowest BCUT2D eigenvalue weighted by Crippen LogP contribution is -2.20. The third-order valence-electron chi connectivity index (χ3n) is 5.58. The molecule has 2 nitrogen and oxygen atoms in total. The fourth-order valence-corrected chi connectivity index (χ4v) is 3.94. The maximum absolute atomic E-state index is 5.80. The van der Waals surface area contributed by atoms with Crippen molar-refractivity contribution in [1.29, 1.82) is 0 Å². The van der Waals surface area contributed by atoms with E-state index in [9.17, 15) is 0 Å². The summed E-state index contributed by atoms with van der Waals surface area (Å²) in [6, 6.07) is 0. The second kappa shape index (κ2) is 18.3. The first-order valence-electron chi connectivity index (χ1n) is 11.9. The third kappa shape index (κ3) is 15.0. The molecule has 0 amide bonds. The van der Waals surface area contributed by atoms with Crippen molar-refractivity contribution in [2.75, 3.05) is 0 Å². The topological polar surface area (TPSA) is 18.5 Å². The van der Waals surface area contributed by atoms with E-state index in [1.54, 1.807) is 0 Å². The van der Waals surface area contributed by atoms with Crippen molar-refractivity contribution in [3.05, 3.63) is 0 Å². The van der Waals surface area contributed by atoms with Crippen LogP contribution < -0.4 is 0 Å². The monoisotopic (exact) mass is 370 g/mol. The van der Waals surface area contributed by atoms with Crippen LogP contribution in [0.1, 0.15) is 131 Å². The van der Waals surface area contributed by atoms with Crippen LogP contribution in [0.2, 0.25) is 0 Å². The lowest BCUT2D eigenvalue weighted by Gasteiger charge is -2.24. The SMILES string of the molecule is CCCCC(CCCC)CC(C)OOC(C)CC(CCCC)CCCC. The van der Waals surface area contributed by atoms with Gasteiger partial charge in [-0.2, -0.15) is 0 Å². The van der Waals surface area contributed by atoms with Crippen LogP contribution in [0.25, 0.3) is 0 Å². The second-order valence-corrected chi connectivity index (χ2v) is 8.59. The molecule has 0 saturated heterocycles. The summed E-state index contributed by atoms with van der Waals surface area (Å²) in [4.78, 5) is 11.6. The van der Waals surface area contributed by atoms with Crippen molar-refractivity contribution >= 4 is 0 Å². The summed E-state index contributed by atoms with van der Waals surface area (Å²) in [6.07, 6.45) is 18.6. The number of hydrogen-bond acceptors (Lipinski definition) is 2. The highest BCUT2D eigenvalue weighted by atomic mass is 17.2. The van der Waals surface area contributed by atoms with Crippen LogP contribution in [-0.2, 0) is 9.78 Å². The molecule has 0 fully saturated rings. The smallest absolute Gasteiger partial charge is 0.0904 e. The van der Waals surface area contributed by atoms with E-state index in [4.69, 9.17) is 9.78 Å². The van der Waals surface area contributed by atoms with E-state index >= 15 is 0 Å². The quantitative estimate of drug-likeness (QED) is 0.168. The molecule has 0 bridgehead atoms. The molecule has 2 heteroatoms. The first kappa shape index (κ1) is 25.9. The minimum Gasteiger partial charge on any atom is -0.233 e. The average molecular weight is 371 g/mol. The second-order valence-electron chi connectivity index (χ2n) is 8.59. The maximum atomic E-state index is 5.80. The molecule has 0 heterocycles. The molecule has 158 valence electrons. The lowest BCUT2D eigenvalue weighted by molar-refractivity contribution is -0.348. The van der Waals surface area contributed by atoms with Gasteiger partial charge in [-0.3, -0.25) is 0 Å². The van der Waals surface area contributed by atoms with Gasteiger partial charge in [-0.05, 0) is 38.5 Å². The summed E-state index contributed by atoms with van der Waals surface area (Å²) < 4.78 is 0. The average Bonchev–Trinajstić information content (AvgIpc) is 2.64. The van der Waals surface area contributed by atoms with Gasteiger partial charge in [-0.15, -0.1) is 0 Å². The molecule has 0 aromatic rings. The van der Waals surface area contributed by atoms with Gasteiger partial charge >= 0.3 is 0 Å². The largest absolute Gasteiger partial charge is 0.233 e. The Hall–Kier alpha value is -0.0800. The first-order valence-corrected chi connectivity index (χ1v) is 11.9. The van der Waals surface area contributed by atoms with Crippen LogP contribution in [0.15, 0.2) is 0 Å². The molecule has 0 aliphatic carbocycles. The molecule has 0 aromatic carbocycles. The van der Waals surface area contributed by atoms with Crippen LogP contribution in [-0.4, -0.2) is 12.2 Å². The highest BCUT2D eigenvalue weighted by molar-refractivity contribution is 4.65. The van der Waals surface area contributed by atoms with E-state index in [0.717, 1.165) is 24.7 Å². The molecule has 0 aliphatic heterocycles. The minimum absolute atomic E-state index is 0.209. The Morgan fingerprint density at radius 1 is 0.500 bits per heavy atom. The Bertz CT molecular complexity index is 235. The summed E-state index contributed by atoms with van der Waals surface area (Å²) in [5.74, 6) is 1.59. The summed E-state index contributed by atoms with van der Waals surface area (Å²) >= 11 is 0. The van der Waals surface area contributed by atoms with Gasteiger partial charge in [0.1, 0.15) is 0 Å². The van der Waals surface area contributed by atoms with Crippen LogP contribution in [0, 0.1) is 11.8 Å². The molecular formula is C24H50O2. The highest BCUT2D eigenvalue weighted by Gasteiger charge is 2.17. The lowest BCUT2D eigenvalue weighted by atomic mass is 9.91. The number of rotatable bonds is 19. The Morgan fingerprint density at radius 2 is 0.769 bits per heavy atom. The first-order chi connectivity index (χ1) is 12.6. The molecule has 0 N–H and O–H groups in total. The zero-order chi connectivity index (χ0) is 19.6. The van der Waals surface area contributed by atoms with Crippen molar-refractivity contribution in [2.24, 2.45) is 11.8 Å². The Kier molecular flexibility index (Phi) is 18.2. The predicted octanol–water partition coefficient (Wildman–Crippen LogP) is 8.49. The van der Waals surface area contributed by atoms with Gasteiger partial charge in [0.2, 0.25) is 0 Å². The van der Waals surface area contributed by atoms with E-state index < -0.39 is 0 Å². The molecule has 0 radical (unpaired) electrons. The van der Waals surface area contributed by atoms with Crippen LogP contribution in [0.4, 0.5) is 0 Å². The van der Waals surface area contributed by atoms with Gasteiger partial charge in [0.25, 0.3) is 0 Å². The Balaban J connectivity index is 4.19. The van der Waals surface area contributed by atoms with Crippen molar-refractivity contribution in [2.45, 2.75) is 144 Å². The zero-order valence-corrected chi connectivity index (χ0v) is 19.0. The van der Waals surface area contributed by atoms with Gasteiger partial charge in [-0.1, -0.05) is 105 Å². The van der Waals surface area contributed by atoms with Crippen LogP contribution in [0.3, 0.4) is 0 Å². The van der Waals surface area contributed by atoms with Gasteiger partial charge in [0.15, 0.2) is 0 Å². The van der Waals surface area contributed by atoms with Gasteiger partial charge in [-0.25, -0.2) is 9.78 Å². The number of hydrogen-bond donors (Lipinski definition) is 0. The van der Waals surface area contributed by atoms with Gasteiger partial charge < -0.3 is 0 Å². The maximum Gasteiger partial charge on any atom is 0.0904 e. The summed E-state index contributed by atoms with van der Waals surface area (Å²) in [6.45, 7) is 13.5. The predicted molar refractivity (Wildman–Crippen MR) is 115 cm³/mol. The molecule has 0 aromatic heterocycles. The Labute approximate surface area is 165 Å². The van der Waals surface area contributed by atoms with E-state index in [1.807, 2.05) is 0 Å². The summed E-state index contributed by atoms with van der Waals surface area (Å²) in [7, 11) is 0. The van der Waals surface area contributed by atoms with Crippen LogP contribution >= 0.6 is 0 Å². The van der Waals surface area contributed by atoms with E-state index in [-0.39, 0.29) is 12.2 Å². The van der Waals surface area contributed by atoms with Gasteiger partial charge in [0, 0.05) is 0 Å². The highest BCUT2D eigenvalue weighted by Crippen LogP contribution is 2.25. The molecular weight excluding hydrogens is 320 g/mol. The molecule has 2 unspecified atom stereocenters. The van der Waals surface area contributed by atoms with Crippen molar-refractivity contribution in [3.8, 4) is 0 Å². The van der Waals surface area contributed by atoms with Crippen molar-refractivity contribution < 1.29 is 9.78 Å². The molecule has 26 heavy (non-hydrogen) atoms. The molecule has 0 spiro atoms. The summed E-state index contributed by atoms with van der Waals surface area (Å²) in [5.41, 5.74) is 0. The standard InChI is InChI=1S/C24H50O2/c1-7-11-15-23(16-12-8-2)19-21(5)25-26-22(6)20-24(17-13-9-3)18-14-10-4/h21-24H,7-20H2,1-6H3. The number of unbranched alkanes of at least 4 members (excludes halogenated alkanes) is 4. The van der Waals surface area contributed by atoms with E-state index in [1.165, 1.54) is 77.0 Å². The minimum atomic E-state index is 0.209. The molecule has 0 saturated carbocycles. The zero-order valence-electron chi connectivity index (χ0n) is 19.0. The summed E-state index contributed by atoms with van der Waals surface area (Å²) in [5, 5.41) is 0. The molecule has 0 rings (SSSR count). The third-order valence-corrected chi connectivity index (χ3v) is 5.58. The van der Waals surface area contributed by atoms with Gasteiger partial charge in [0.05, 0.1) is 12.2 Å². The molecule has 0 aliphatic rings. The van der Waals surface area contributed by atoms with E-state index in [0.29, 0.717) is 0 Å².